The zero-order valence-electron chi connectivity index (χ0n) is 8.75. The molecular formula is C11H14BrNO2. The van der Waals surface area contributed by atoms with Crippen LogP contribution in [0.5, 0.6) is 0 Å². The van der Waals surface area contributed by atoms with E-state index in [1.165, 1.54) is 6.92 Å². The number of nitrogens with one attached hydrogen (secondary N) is 1. The highest BCUT2D eigenvalue weighted by molar-refractivity contribution is 9.10. The summed E-state index contributed by atoms with van der Waals surface area (Å²) >= 11 is 3.37. The molecule has 82 valence electrons. The molecule has 15 heavy (non-hydrogen) atoms. The predicted octanol–water partition coefficient (Wildman–Crippen LogP) is 1.93. The maximum absolute atomic E-state index is 10.9. The summed E-state index contributed by atoms with van der Waals surface area (Å²) in [6, 6.07) is 5.46. The summed E-state index contributed by atoms with van der Waals surface area (Å²) in [7, 11) is 0. The van der Waals surface area contributed by atoms with Crippen LogP contribution in [-0.2, 0) is 4.79 Å². The standard InChI is InChI=1S/C11H14BrNO2/c1-7-3-4-9(12)5-10(7)11(6-14)13-8(2)15/h3-5,11,14H,6H2,1-2H3,(H,13,15). The van der Waals surface area contributed by atoms with Crippen molar-refractivity contribution in [1.82, 2.24) is 5.32 Å². The molecule has 1 amide bonds. The largest absolute Gasteiger partial charge is 0.394 e. The molecule has 0 saturated heterocycles. The van der Waals surface area contributed by atoms with Crippen molar-refractivity contribution in [1.29, 1.82) is 0 Å². The highest BCUT2D eigenvalue weighted by Gasteiger charge is 2.13. The fourth-order valence-electron chi connectivity index (χ4n) is 1.45. The van der Waals surface area contributed by atoms with Gasteiger partial charge >= 0.3 is 0 Å². The normalized spacial score (nSPS) is 12.3. The minimum atomic E-state index is -0.333. The number of amides is 1. The van der Waals surface area contributed by atoms with Crippen LogP contribution >= 0.6 is 15.9 Å². The molecule has 0 aliphatic carbocycles. The molecule has 0 saturated carbocycles. The number of aliphatic hydroxyl groups excluding tert-OH is 1. The Labute approximate surface area is 97.6 Å². The van der Waals surface area contributed by atoms with Crippen molar-refractivity contribution in [3.63, 3.8) is 0 Å². The summed E-state index contributed by atoms with van der Waals surface area (Å²) in [5, 5.41) is 11.9. The highest BCUT2D eigenvalue weighted by Crippen LogP contribution is 2.22. The molecule has 1 aromatic rings. The first-order valence-electron chi connectivity index (χ1n) is 4.68. The number of hydrogen-bond acceptors (Lipinski definition) is 2. The fraction of sp³-hybridized carbons (Fsp3) is 0.364. The van der Waals surface area contributed by atoms with Gasteiger partial charge in [-0.1, -0.05) is 22.0 Å². The Hall–Kier alpha value is -0.870. The molecule has 1 rings (SSSR count). The minimum absolute atomic E-state index is 0.100. The maximum Gasteiger partial charge on any atom is 0.217 e. The van der Waals surface area contributed by atoms with Crippen molar-refractivity contribution in [2.45, 2.75) is 19.9 Å². The zero-order chi connectivity index (χ0) is 11.4. The van der Waals surface area contributed by atoms with Crippen LogP contribution in [0.1, 0.15) is 24.1 Å². The number of benzene rings is 1. The second-order valence-corrected chi connectivity index (χ2v) is 4.35. The van der Waals surface area contributed by atoms with Gasteiger partial charge in [-0.3, -0.25) is 4.79 Å². The quantitative estimate of drug-likeness (QED) is 0.883. The van der Waals surface area contributed by atoms with E-state index >= 15 is 0 Å². The van der Waals surface area contributed by atoms with Gasteiger partial charge in [0.05, 0.1) is 12.6 Å². The molecule has 3 nitrogen and oxygen atoms in total. The number of carbonyl (C=O) groups is 1. The second-order valence-electron chi connectivity index (χ2n) is 3.44. The van der Waals surface area contributed by atoms with E-state index in [1.807, 2.05) is 25.1 Å². The Morgan fingerprint density at radius 2 is 2.27 bits per heavy atom. The average molecular weight is 272 g/mol. The average Bonchev–Trinajstić information content (AvgIpc) is 2.18. The molecule has 0 radical (unpaired) electrons. The van der Waals surface area contributed by atoms with E-state index in [1.54, 1.807) is 0 Å². The van der Waals surface area contributed by atoms with Gasteiger partial charge in [-0.05, 0) is 30.2 Å². The SMILES string of the molecule is CC(=O)NC(CO)c1cc(Br)ccc1C. The van der Waals surface area contributed by atoms with Crippen LogP contribution in [0.25, 0.3) is 0 Å². The number of aliphatic hydroxyl groups is 1. The Morgan fingerprint density at radius 1 is 1.60 bits per heavy atom. The van der Waals surface area contributed by atoms with Gasteiger partial charge in [0, 0.05) is 11.4 Å². The van der Waals surface area contributed by atoms with Crippen molar-refractivity contribution < 1.29 is 9.90 Å². The molecule has 2 N–H and O–H groups in total. The first-order valence-corrected chi connectivity index (χ1v) is 5.48. The Kier molecular flexibility index (Phi) is 4.29. The molecule has 0 heterocycles. The first-order chi connectivity index (χ1) is 7.04. The summed E-state index contributed by atoms with van der Waals surface area (Å²) in [4.78, 5) is 10.9. The van der Waals surface area contributed by atoms with Crippen LogP contribution in [0.2, 0.25) is 0 Å². The lowest BCUT2D eigenvalue weighted by Gasteiger charge is -2.18. The maximum atomic E-state index is 10.9. The summed E-state index contributed by atoms with van der Waals surface area (Å²) in [5.74, 6) is -0.145. The van der Waals surface area contributed by atoms with Gasteiger partial charge in [-0.25, -0.2) is 0 Å². The van der Waals surface area contributed by atoms with Crippen LogP contribution in [0.15, 0.2) is 22.7 Å². The lowest BCUT2D eigenvalue weighted by atomic mass is 10.0. The van der Waals surface area contributed by atoms with Gasteiger partial charge in [0.2, 0.25) is 5.91 Å². The van der Waals surface area contributed by atoms with Crippen molar-refractivity contribution in [2.24, 2.45) is 0 Å². The van der Waals surface area contributed by atoms with E-state index in [2.05, 4.69) is 21.2 Å². The minimum Gasteiger partial charge on any atom is -0.394 e. The molecule has 0 aromatic heterocycles. The molecule has 1 unspecified atom stereocenters. The Bertz CT molecular complexity index is 366. The van der Waals surface area contributed by atoms with Gasteiger partial charge in [0.25, 0.3) is 0 Å². The summed E-state index contributed by atoms with van der Waals surface area (Å²) in [6.07, 6.45) is 0. The van der Waals surface area contributed by atoms with E-state index in [0.717, 1.165) is 15.6 Å². The molecule has 0 bridgehead atoms. The van der Waals surface area contributed by atoms with Crippen LogP contribution < -0.4 is 5.32 Å². The third-order valence-corrected chi connectivity index (χ3v) is 2.67. The van der Waals surface area contributed by atoms with Crippen LogP contribution in [0.3, 0.4) is 0 Å². The van der Waals surface area contributed by atoms with Crippen LogP contribution in [0, 0.1) is 6.92 Å². The third-order valence-electron chi connectivity index (χ3n) is 2.18. The first kappa shape index (κ1) is 12.2. The molecule has 1 atom stereocenters. The van der Waals surface area contributed by atoms with Crippen LogP contribution in [0.4, 0.5) is 0 Å². The van der Waals surface area contributed by atoms with E-state index < -0.39 is 0 Å². The second kappa shape index (κ2) is 5.28. The Balaban J connectivity index is 3.00. The number of hydrogen-bond donors (Lipinski definition) is 2. The van der Waals surface area contributed by atoms with Crippen LogP contribution in [-0.4, -0.2) is 17.6 Å². The molecule has 0 spiro atoms. The van der Waals surface area contributed by atoms with Gasteiger partial charge in [-0.2, -0.15) is 0 Å². The number of aryl methyl sites for hydroxylation is 1. The molecule has 0 aliphatic rings. The molecule has 0 aliphatic heterocycles. The van der Waals surface area contributed by atoms with E-state index in [9.17, 15) is 9.90 Å². The van der Waals surface area contributed by atoms with Crippen molar-refractivity contribution in [3.8, 4) is 0 Å². The lowest BCUT2D eigenvalue weighted by Crippen LogP contribution is -2.29. The smallest absolute Gasteiger partial charge is 0.217 e. The van der Waals surface area contributed by atoms with Gasteiger partial charge in [-0.15, -0.1) is 0 Å². The monoisotopic (exact) mass is 271 g/mol. The molecular weight excluding hydrogens is 258 g/mol. The number of halogens is 1. The fourth-order valence-corrected chi connectivity index (χ4v) is 1.83. The van der Waals surface area contributed by atoms with Crippen molar-refractivity contribution in [2.75, 3.05) is 6.61 Å². The highest BCUT2D eigenvalue weighted by atomic mass is 79.9. The number of rotatable bonds is 3. The Morgan fingerprint density at radius 3 is 2.80 bits per heavy atom. The summed E-state index contributed by atoms with van der Waals surface area (Å²) in [6.45, 7) is 3.29. The van der Waals surface area contributed by atoms with Gasteiger partial charge < -0.3 is 10.4 Å². The van der Waals surface area contributed by atoms with Gasteiger partial charge in [0.15, 0.2) is 0 Å². The zero-order valence-corrected chi connectivity index (χ0v) is 10.3. The van der Waals surface area contributed by atoms with E-state index in [0.29, 0.717) is 0 Å². The number of carbonyl (C=O) groups excluding carboxylic acids is 1. The topological polar surface area (TPSA) is 49.3 Å². The van der Waals surface area contributed by atoms with E-state index in [4.69, 9.17) is 0 Å². The van der Waals surface area contributed by atoms with Gasteiger partial charge in [0.1, 0.15) is 0 Å². The molecule has 0 fully saturated rings. The third kappa shape index (κ3) is 3.32. The van der Waals surface area contributed by atoms with E-state index in [-0.39, 0.29) is 18.6 Å². The van der Waals surface area contributed by atoms with Crippen molar-refractivity contribution >= 4 is 21.8 Å². The molecule has 4 heteroatoms. The molecule has 1 aromatic carbocycles. The lowest BCUT2D eigenvalue weighted by molar-refractivity contribution is -0.120. The summed E-state index contributed by atoms with van der Waals surface area (Å²) in [5.41, 5.74) is 1.98. The summed E-state index contributed by atoms with van der Waals surface area (Å²) < 4.78 is 0.937. The predicted molar refractivity (Wildman–Crippen MR) is 62.5 cm³/mol. The van der Waals surface area contributed by atoms with Crippen molar-refractivity contribution in [3.05, 3.63) is 33.8 Å².